The molecule has 2 rings (SSSR count). The zero-order chi connectivity index (χ0) is 14.7. The Kier molecular flexibility index (Phi) is 4.96. The molecule has 2 atom stereocenters. The van der Waals surface area contributed by atoms with Crippen LogP contribution in [0.4, 0.5) is 0 Å². The van der Waals surface area contributed by atoms with E-state index >= 15 is 0 Å². The van der Waals surface area contributed by atoms with Crippen LogP contribution in [0.5, 0.6) is 0 Å². The smallest absolute Gasteiger partial charge is 0.0538 e. The monoisotopic (exact) mass is 292 g/mol. The minimum absolute atomic E-state index is 0.339. The van der Waals surface area contributed by atoms with Crippen LogP contribution >= 0.6 is 11.3 Å². The van der Waals surface area contributed by atoms with Gasteiger partial charge in [0.2, 0.25) is 0 Å². The minimum Gasteiger partial charge on any atom is -0.308 e. The van der Waals surface area contributed by atoms with Gasteiger partial charge in [0.15, 0.2) is 0 Å². The maximum absolute atomic E-state index is 4.28. The van der Waals surface area contributed by atoms with Gasteiger partial charge in [-0.3, -0.25) is 4.68 Å². The molecule has 0 spiro atoms. The highest BCUT2D eigenvalue weighted by Gasteiger charge is 2.18. The molecule has 0 radical (unpaired) electrons. The highest BCUT2D eigenvalue weighted by molar-refractivity contribution is 7.10. The van der Waals surface area contributed by atoms with Gasteiger partial charge >= 0.3 is 0 Å². The van der Waals surface area contributed by atoms with Gasteiger partial charge in [-0.1, -0.05) is 0 Å². The Morgan fingerprint density at radius 1 is 1.45 bits per heavy atom. The molecule has 110 valence electrons. The van der Waals surface area contributed by atoms with Crippen molar-refractivity contribution in [2.75, 3.05) is 20.6 Å². The lowest BCUT2D eigenvalue weighted by Gasteiger charge is -2.25. The first-order valence-corrected chi connectivity index (χ1v) is 7.79. The Bertz CT molecular complexity index is 544. The van der Waals surface area contributed by atoms with Crippen molar-refractivity contribution in [2.45, 2.75) is 25.9 Å². The summed E-state index contributed by atoms with van der Waals surface area (Å²) in [5.74, 6) is 0. The van der Waals surface area contributed by atoms with Gasteiger partial charge in [-0.25, -0.2) is 0 Å². The zero-order valence-corrected chi connectivity index (χ0v) is 13.7. The second kappa shape index (κ2) is 6.52. The molecule has 0 fully saturated rings. The van der Waals surface area contributed by atoms with Crippen molar-refractivity contribution in [3.05, 3.63) is 39.8 Å². The SMILES string of the molecule is Cc1ccsc1[C@@H](C)NC[C@@H](c1cnn(C)c1)N(C)C. The van der Waals surface area contributed by atoms with Gasteiger partial charge in [0.1, 0.15) is 0 Å². The lowest BCUT2D eigenvalue weighted by Crippen LogP contribution is -2.32. The highest BCUT2D eigenvalue weighted by Crippen LogP contribution is 2.24. The van der Waals surface area contributed by atoms with E-state index in [-0.39, 0.29) is 0 Å². The Morgan fingerprint density at radius 3 is 2.70 bits per heavy atom. The Hall–Kier alpha value is -1.17. The van der Waals surface area contributed by atoms with E-state index < -0.39 is 0 Å². The maximum Gasteiger partial charge on any atom is 0.0538 e. The van der Waals surface area contributed by atoms with Gasteiger partial charge < -0.3 is 10.2 Å². The van der Waals surface area contributed by atoms with Crippen molar-refractivity contribution >= 4 is 11.3 Å². The Labute approximate surface area is 125 Å². The molecule has 20 heavy (non-hydrogen) atoms. The second-order valence-electron chi connectivity index (χ2n) is 5.52. The normalized spacial score (nSPS) is 14.7. The molecular weight excluding hydrogens is 268 g/mol. The summed E-state index contributed by atoms with van der Waals surface area (Å²) in [7, 11) is 6.18. The summed E-state index contributed by atoms with van der Waals surface area (Å²) in [4.78, 5) is 3.66. The number of nitrogens with one attached hydrogen (secondary N) is 1. The summed E-state index contributed by atoms with van der Waals surface area (Å²) in [6.45, 7) is 5.32. The van der Waals surface area contributed by atoms with E-state index in [1.165, 1.54) is 16.0 Å². The number of rotatable bonds is 6. The molecular formula is C15H24N4S. The fraction of sp³-hybridized carbons (Fsp3) is 0.533. The summed E-state index contributed by atoms with van der Waals surface area (Å²) in [6.07, 6.45) is 4.04. The van der Waals surface area contributed by atoms with Crippen molar-refractivity contribution < 1.29 is 0 Å². The molecule has 0 amide bonds. The van der Waals surface area contributed by atoms with E-state index in [1.807, 2.05) is 29.3 Å². The zero-order valence-electron chi connectivity index (χ0n) is 12.9. The fourth-order valence-corrected chi connectivity index (χ4v) is 3.38. The van der Waals surface area contributed by atoms with Gasteiger partial charge in [-0.15, -0.1) is 11.3 Å². The van der Waals surface area contributed by atoms with Crippen molar-refractivity contribution in [2.24, 2.45) is 7.05 Å². The van der Waals surface area contributed by atoms with Crippen LogP contribution in [0.2, 0.25) is 0 Å². The van der Waals surface area contributed by atoms with Crippen LogP contribution < -0.4 is 5.32 Å². The van der Waals surface area contributed by atoms with Crippen molar-refractivity contribution in [3.63, 3.8) is 0 Å². The van der Waals surface area contributed by atoms with Crippen LogP contribution in [-0.4, -0.2) is 35.3 Å². The highest BCUT2D eigenvalue weighted by atomic mass is 32.1. The minimum atomic E-state index is 0.339. The van der Waals surface area contributed by atoms with Crippen molar-refractivity contribution in [3.8, 4) is 0 Å². The lowest BCUT2D eigenvalue weighted by molar-refractivity contribution is 0.282. The Balaban J connectivity index is 2.01. The van der Waals surface area contributed by atoms with Crippen LogP contribution in [0.3, 0.4) is 0 Å². The molecule has 0 unspecified atom stereocenters. The predicted molar refractivity (Wildman–Crippen MR) is 85.1 cm³/mol. The van der Waals surface area contributed by atoms with E-state index in [0.29, 0.717) is 12.1 Å². The van der Waals surface area contributed by atoms with E-state index in [2.05, 4.69) is 60.9 Å². The standard InChI is InChI=1S/C15H24N4S/c1-11-6-7-20-15(11)12(2)16-9-14(18(3)4)13-8-17-19(5)10-13/h6-8,10,12,14,16H,9H2,1-5H3/t12-,14+/m1/s1. The largest absolute Gasteiger partial charge is 0.308 e. The van der Waals surface area contributed by atoms with E-state index in [9.17, 15) is 0 Å². The molecule has 1 N–H and O–H groups in total. The molecule has 2 heterocycles. The fourth-order valence-electron chi connectivity index (χ4n) is 2.42. The first-order valence-electron chi connectivity index (χ1n) is 6.91. The summed E-state index contributed by atoms with van der Waals surface area (Å²) >= 11 is 1.83. The molecule has 0 saturated carbocycles. The molecule has 0 aliphatic heterocycles. The third kappa shape index (κ3) is 3.48. The second-order valence-corrected chi connectivity index (χ2v) is 6.47. The van der Waals surface area contributed by atoms with Gasteiger partial charge in [0.25, 0.3) is 0 Å². The molecule has 0 saturated heterocycles. The maximum atomic E-state index is 4.28. The van der Waals surface area contributed by atoms with Crippen LogP contribution in [0.15, 0.2) is 23.8 Å². The molecule has 0 aromatic carbocycles. The first kappa shape index (κ1) is 15.2. The molecule has 0 aliphatic carbocycles. The summed E-state index contributed by atoms with van der Waals surface area (Å²) in [5.41, 5.74) is 2.62. The van der Waals surface area contributed by atoms with Crippen LogP contribution in [0.25, 0.3) is 0 Å². The number of hydrogen-bond acceptors (Lipinski definition) is 4. The number of nitrogens with zero attached hydrogens (tertiary/aromatic N) is 3. The van der Waals surface area contributed by atoms with Crippen LogP contribution in [0.1, 0.15) is 35.0 Å². The average molecular weight is 292 g/mol. The van der Waals surface area contributed by atoms with E-state index in [1.54, 1.807) is 0 Å². The van der Waals surface area contributed by atoms with E-state index in [4.69, 9.17) is 0 Å². The summed E-state index contributed by atoms with van der Waals surface area (Å²) in [6, 6.07) is 2.91. The van der Waals surface area contributed by atoms with Gasteiger partial charge in [-0.05, 0) is 45.0 Å². The molecule has 0 bridgehead atoms. The number of likely N-dealkylation sites (N-methyl/N-ethyl adjacent to an activating group) is 1. The molecule has 2 aromatic heterocycles. The van der Waals surface area contributed by atoms with Gasteiger partial charge in [0.05, 0.1) is 6.20 Å². The van der Waals surface area contributed by atoms with Gasteiger partial charge in [-0.2, -0.15) is 5.10 Å². The topological polar surface area (TPSA) is 33.1 Å². The van der Waals surface area contributed by atoms with Crippen LogP contribution in [0, 0.1) is 6.92 Å². The number of aromatic nitrogens is 2. The van der Waals surface area contributed by atoms with Crippen molar-refractivity contribution in [1.29, 1.82) is 0 Å². The third-order valence-corrected chi connectivity index (χ3v) is 4.85. The molecule has 4 nitrogen and oxygen atoms in total. The van der Waals surface area contributed by atoms with Crippen LogP contribution in [-0.2, 0) is 7.05 Å². The molecule has 5 heteroatoms. The predicted octanol–water partition coefficient (Wildman–Crippen LogP) is 2.74. The first-order chi connectivity index (χ1) is 9.49. The number of hydrogen-bond donors (Lipinski definition) is 1. The molecule has 0 aliphatic rings. The quantitative estimate of drug-likeness (QED) is 0.889. The van der Waals surface area contributed by atoms with E-state index in [0.717, 1.165) is 6.54 Å². The lowest BCUT2D eigenvalue weighted by atomic mass is 10.1. The average Bonchev–Trinajstić information content (AvgIpc) is 2.98. The van der Waals surface area contributed by atoms with Gasteiger partial charge in [0, 0.05) is 42.3 Å². The summed E-state index contributed by atoms with van der Waals surface area (Å²) in [5, 5.41) is 10.1. The van der Waals surface area contributed by atoms with Crippen molar-refractivity contribution in [1.82, 2.24) is 20.0 Å². The number of thiophene rings is 1. The third-order valence-electron chi connectivity index (χ3n) is 3.65. The molecule has 2 aromatic rings. The summed E-state index contributed by atoms with van der Waals surface area (Å²) < 4.78 is 1.86. The Morgan fingerprint density at radius 2 is 2.20 bits per heavy atom. The number of aryl methyl sites for hydroxylation is 2.